The van der Waals surface area contributed by atoms with Crippen molar-refractivity contribution in [1.82, 2.24) is 4.90 Å². The number of carbonyl (C=O) groups is 3. The number of para-hydroxylation sites is 1. The lowest BCUT2D eigenvalue weighted by Crippen LogP contribution is -2.51. The van der Waals surface area contributed by atoms with Gasteiger partial charge in [0.05, 0.1) is 12.7 Å². The Morgan fingerprint density at radius 1 is 1.03 bits per heavy atom. The summed E-state index contributed by atoms with van der Waals surface area (Å²) < 4.78 is 10.3. The number of anilines is 1. The molecule has 4 rings (SSSR count). The number of likely N-dealkylation sites (tertiary alicyclic amines) is 1. The van der Waals surface area contributed by atoms with Crippen molar-refractivity contribution in [2.75, 3.05) is 39.3 Å². The van der Waals surface area contributed by atoms with Gasteiger partial charge in [0.2, 0.25) is 0 Å². The van der Waals surface area contributed by atoms with E-state index in [2.05, 4.69) is 0 Å². The Labute approximate surface area is 185 Å². The van der Waals surface area contributed by atoms with Gasteiger partial charge in [0.15, 0.2) is 5.54 Å². The third-order valence-electron chi connectivity index (χ3n) is 6.03. The van der Waals surface area contributed by atoms with E-state index < -0.39 is 28.9 Å². The van der Waals surface area contributed by atoms with E-state index in [1.807, 2.05) is 0 Å². The zero-order valence-electron chi connectivity index (χ0n) is 18.1. The molecule has 166 valence electrons. The van der Waals surface area contributed by atoms with Crippen molar-refractivity contribution < 1.29 is 29.0 Å². The highest BCUT2D eigenvalue weighted by atomic mass is 16.5. The number of hydrogen-bond acceptors (Lipinski definition) is 6. The predicted octanol–water partition coefficient (Wildman–Crippen LogP) is 2.28. The van der Waals surface area contributed by atoms with Gasteiger partial charge in [-0.2, -0.15) is 0 Å². The summed E-state index contributed by atoms with van der Waals surface area (Å²) >= 11 is 0. The largest absolute Gasteiger partial charge is 0.507 e. The van der Waals surface area contributed by atoms with Crippen LogP contribution in [0.2, 0.25) is 0 Å². The second-order valence-corrected chi connectivity index (χ2v) is 7.68. The Morgan fingerprint density at radius 3 is 2.38 bits per heavy atom. The summed E-state index contributed by atoms with van der Waals surface area (Å²) in [6, 6.07) is 13.4. The summed E-state index contributed by atoms with van der Waals surface area (Å²) in [5.41, 5.74) is -0.597. The summed E-state index contributed by atoms with van der Waals surface area (Å²) in [7, 11) is 4.65. The van der Waals surface area contributed by atoms with Crippen molar-refractivity contribution in [2.45, 2.75) is 12.0 Å². The molecule has 1 unspecified atom stereocenters. The number of benzene rings is 2. The minimum atomic E-state index is -1.74. The molecule has 2 aliphatic rings. The number of aliphatic hydroxyl groups excluding tert-OH is 1. The molecule has 8 nitrogen and oxygen atoms in total. The lowest BCUT2D eigenvalue weighted by molar-refractivity contribution is -0.143. The normalized spacial score (nSPS) is 21.5. The molecule has 32 heavy (non-hydrogen) atoms. The van der Waals surface area contributed by atoms with Crippen molar-refractivity contribution in [3.63, 3.8) is 0 Å². The molecule has 1 spiro atoms. The smallest absolute Gasteiger partial charge is 0.296 e. The van der Waals surface area contributed by atoms with Gasteiger partial charge in [-0.05, 0) is 36.8 Å². The molecule has 2 heterocycles. The van der Waals surface area contributed by atoms with Crippen LogP contribution in [0, 0.1) is 0 Å². The first-order chi connectivity index (χ1) is 15.4. The molecule has 2 aromatic carbocycles. The number of rotatable bonds is 6. The van der Waals surface area contributed by atoms with E-state index in [1.165, 1.54) is 24.0 Å². The molecule has 0 bridgehead atoms. The summed E-state index contributed by atoms with van der Waals surface area (Å²) in [4.78, 5) is 42.9. The molecule has 1 atom stereocenters. The molecule has 2 aliphatic heterocycles. The van der Waals surface area contributed by atoms with Crippen molar-refractivity contribution in [3.8, 4) is 5.75 Å². The molecule has 2 amide bonds. The first-order valence-corrected chi connectivity index (χ1v) is 10.2. The molecule has 1 fully saturated rings. The molecule has 0 aliphatic carbocycles. The first-order valence-electron chi connectivity index (χ1n) is 10.2. The first kappa shape index (κ1) is 21.6. The summed E-state index contributed by atoms with van der Waals surface area (Å²) in [5.74, 6) is -2.02. The lowest BCUT2D eigenvalue weighted by atomic mass is 9.82. The number of methoxy groups -OCH3 is 2. The predicted molar refractivity (Wildman–Crippen MR) is 117 cm³/mol. The lowest BCUT2D eigenvalue weighted by Gasteiger charge is -2.34. The van der Waals surface area contributed by atoms with E-state index in [9.17, 15) is 19.5 Å². The molecular formula is C24H24N2O6. The van der Waals surface area contributed by atoms with Gasteiger partial charge in [0.25, 0.3) is 17.6 Å². The third kappa shape index (κ3) is 2.90. The van der Waals surface area contributed by atoms with Gasteiger partial charge in [-0.25, -0.2) is 0 Å². The Kier molecular flexibility index (Phi) is 5.48. The number of amides is 2. The van der Waals surface area contributed by atoms with Gasteiger partial charge in [0.1, 0.15) is 11.5 Å². The van der Waals surface area contributed by atoms with Gasteiger partial charge in [0, 0.05) is 44.1 Å². The number of hydrogen-bond donors (Lipinski definition) is 1. The van der Waals surface area contributed by atoms with Crippen LogP contribution in [0.4, 0.5) is 5.69 Å². The van der Waals surface area contributed by atoms with E-state index in [4.69, 9.17) is 9.47 Å². The van der Waals surface area contributed by atoms with Crippen LogP contribution in [0.25, 0.3) is 5.76 Å². The third-order valence-corrected chi connectivity index (χ3v) is 6.03. The standard InChI is InChI=1S/C24H24N2O6/c1-25-18-8-5-4-7-17(18)24(23(25)30)19(20(27)15-9-11-16(32-3)12-10-15)21(28)22(29)26(24)13-6-14-31-2/h4-5,7-12,27H,6,13-14H2,1-3H3/b20-19+. The van der Waals surface area contributed by atoms with E-state index >= 15 is 0 Å². The Bertz CT molecular complexity index is 1120. The average Bonchev–Trinajstić information content (AvgIpc) is 3.17. The fourth-order valence-corrected chi connectivity index (χ4v) is 4.53. The number of nitrogens with zero attached hydrogens (tertiary/aromatic N) is 2. The number of fused-ring (bicyclic) bond motifs is 2. The summed E-state index contributed by atoms with van der Waals surface area (Å²) in [6.45, 7) is 0.467. The second-order valence-electron chi connectivity index (χ2n) is 7.68. The van der Waals surface area contributed by atoms with Gasteiger partial charge in [-0.3, -0.25) is 14.4 Å². The van der Waals surface area contributed by atoms with Gasteiger partial charge >= 0.3 is 0 Å². The molecule has 0 saturated carbocycles. The number of aliphatic hydroxyl groups is 1. The van der Waals surface area contributed by atoms with Crippen molar-refractivity contribution in [3.05, 3.63) is 65.2 Å². The second kappa shape index (κ2) is 8.12. The quantitative estimate of drug-likeness (QED) is 0.323. The summed E-state index contributed by atoms with van der Waals surface area (Å²) in [6.07, 6.45) is 0.424. The van der Waals surface area contributed by atoms with E-state index in [1.54, 1.807) is 55.6 Å². The molecule has 1 N–H and O–H groups in total. The van der Waals surface area contributed by atoms with Crippen LogP contribution in [0.5, 0.6) is 5.75 Å². The average molecular weight is 436 g/mol. The number of ether oxygens (including phenoxy) is 2. The fourth-order valence-electron chi connectivity index (χ4n) is 4.53. The highest BCUT2D eigenvalue weighted by molar-refractivity contribution is 6.50. The van der Waals surface area contributed by atoms with Crippen LogP contribution in [0.1, 0.15) is 17.5 Å². The Morgan fingerprint density at radius 2 is 1.72 bits per heavy atom. The number of likely N-dealkylation sites (N-methyl/N-ethyl adjacent to an activating group) is 1. The number of ketones is 1. The van der Waals surface area contributed by atoms with Crippen molar-refractivity contribution in [1.29, 1.82) is 0 Å². The molecular weight excluding hydrogens is 412 g/mol. The number of carbonyl (C=O) groups excluding carboxylic acids is 3. The van der Waals surface area contributed by atoms with Gasteiger partial charge in [-0.1, -0.05) is 18.2 Å². The van der Waals surface area contributed by atoms with Crippen LogP contribution < -0.4 is 9.64 Å². The van der Waals surface area contributed by atoms with Crippen LogP contribution in [-0.4, -0.2) is 62.0 Å². The molecule has 2 aromatic rings. The van der Waals surface area contributed by atoms with Gasteiger partial charge < -0.3 is 24.4 Å². The minimum Gasteiger partial charge on any atom is -0.507 e. The summed E-state index contributed by atoms with van der Waals surface area (Å²) in [5, 5.41) is 11.3. The Hall–Kier alpha value is -3.65. The van der Waals surface area contributed by atoms with E-state index in [0.29, 0.717) is 35.6 Å². The number of Topliss-reactive ketones (excluding diaryl/α,β-unsaturated/α-hetero) is 1. The topological polar surface area (TPSA) is 96.4 Å². The van der Waals surface area contributed by atoms with Crippen molar-refractivity contribution in [2.24, 2.45) is 0 Å². The van der Waals surface area contributed by atoms with Crippen LogP contribution in [0.15, 0.2) is 54.1 Å². The molecule has 0 radical (unpaired) electrons. The maximum absolute atomic E-state index is 13.8. The van der Waals surface area contributed by atoms with Crippen LogP contribution in [-0.2, 0) is 24.7 Å². The minimum absolute atomic E-state index is 0.117. The van der Waals surface area contributed by atoms with Crippen LogP contribution in [0.3, 0.4) is 0 Å². The van der Waals surface area contributed by atoms with E-state index in [0.717, 1.165) is 0 Å². The monoisotopic (exact) mass is 436 g/mol. The van der Waals surface area contributed by atoms with E-state index in [-0.39, 0.29) is 12.1 Å². The fraction of sp³-hybridized carbons (Fsp3) is 0.292. The van der Waals surface area contributed by atoms with Crippen molar-refractivity contribution >= 4 is 29.0 Å². The zero-order chi connectivity index (χ0) is 23.0. The maximum Gasteiger partial charge on any atom is 0.296 e. The SMILES string of the molecule is COCCCN1C(=O)C(=O)/C(=C(\O)c2ccc(OC)cc2)C12C(=O)N(C)c1ccccc12. The highest BCUT2D eigenvalue weighted by Crippen LogP contribution is 2.53. The zero-order valence-corrected chi connectivity index (χ0v) is 18.1. The molecule has 0 aromatic heterocycles. The van der Waals surface area contributed by atoms with Gasteiger partial charge in [-0.15, -0.1) is 0 Å². The van der Waals surface area contributed by atoms with Crippen LogP contribution >= 0.6 is 0 Å². The maximum atomic E-state index is 13.8. The Balaban J connectivity index is 1.99. The molecule has 1 saturated heterocycles. The molecule has 8 heteroatoms. The highest BCUT2D eigenvalue weighted by Gasteiger charge is 2.66.